The predicted molar refractivity (Wildman–Crippen MR) is 111 cm³/mol. The van der Waals surface area contributed by atoms with Crippen molar-refractivity contribution >= 4 is 30.6 Å². The van der Waals surface area contributed by atoms with Crippen LogP contribution in [0.5, 0.6) is 0 Å². The zero-order valence-electron chi connectivity index (χ0n) is 17.0. The highest BCUT2D eigenvalue weighted by atomic mass is 28.4. The minimum Gasteiger partial charge on any atom is -0.479 e. The molecule has 2 aromatic carbocycles. The maximum absolute atomic E-state index is 11.6. The van der Waals surface area contributed by atoms with Crippen LogP contribution in [0.25, 0.3) is 0 Å². The smallest absolute Gasteiger partial charge is 0.350 e. The van der Waals surface area contributed by atoms with Gasteiger partial charge in [-0.15, -0.1) is 0 Å². The summed E-state index contributed by atoms with van der Waals surface area (Å²) in [5.74, 6) is -3.01. The lowest BCUT2D eigenvalue weighted by atomic mass is 10.0. The van der Waals surface area contributed by atoms with Gasteiger partial charge in [0.15, 0.2) is 0 Å². The summed E-state index contributed by atoms with van der Waals surface area (Å²) in [7, 11) is -2.93. The predicted octanol–water partition coefficient (Wildman–Crippen LogP) is 2.26. The van der Waals surface area contributed by atoms with Crippen molar-refractivity contribution in [1.29, 1.82) is 0 Å². The van der Waals surface area contributed by atoms with Gasteiger partial charge in [-0.1, -0.05) is 81.4 Å². The standard InChI is InChI=1S/C22H26O6Si/c1-15(18-22(27-18,19(23)24)20(25)26)28-29(21(2,3)4,16-11-7-5-8-12-16)17-13-9-6-10-14-17/h5-15,18H,1-4H3,(H,23,24)(H,25,26)/t15-,18-/m0/s1. The molecule has 1 saturated heterocycles. The summed E-state index contributed by atoms with van der Waals surface area (Å²) >= 11 is 0. The molecule has 2 aromatic rings. The van der Waals surface area contributed by atoms with Crippen LogP contribution >= 0.6 is 0 Å². The lowest BCUT2D eigenvalue weighted by molar-refractivity contribution is -0.156. The first kappa shape index (κ1) is 21.2. The zero-order chi connectivity index (χ0) is 21.4. The largest absolute Gasteiger partial charge is 0.479 e. The lowest BCUT2D eigenvalue weighted by Gasteiger charge is -2.44. The molecule has 1 fully saturated rings. The van der Waals surface area contributed by atoms with Crippen molar-refractivity contribution in [2.45, 2.75) is 50.5 Å². The zero-order valence-corrected chi connectivity index (χ0v) is 18.0. The van der Waals surface area contributed by atoms with E-state index < -0.39 is 38.1 Å². The third kappa shape index (κ3) is 3.39. The Labute approximate surface area is 171 Å². The molecule has 0 unspecified atom stereocenters. The highest BCUT2D eigenvalue weighted by molar-refractivity contribution is 6.99. The van der Waals surface area contributed by atoms with E-state index in [0.717, 1.165) is 10.4 Å². The minimum absolute atomic E-state index is 0.312. The molecule has 7 heteroatoms. The van der Waals surface area contributed by atoms with Gasteiger partial charge in [-0.2, -0.15) is 0 Å². The molecule has 0 saturated carbocycles. The van der Waals surface area contributed by atoms with Gasteiger partial charge in [0.25, 0.3) is 13.9 Å². The number of carboxylic acid groups (broad SMARTS) is 2. The highest BCUT2D eigenvalue weighted by Gasteiger charge is 2.72. The average Bonchev–Trinajstić information content (AvgIpc) is 3.44. The van der Waals surface area contributed by atoms with E-state index in [1.165, 1.54) is 0 Å². The fourth-order valence-corrected chi connectivity index (χ4v) is 8.76. The SMILES string of the molecule is C[C@H](O[Si](c1ccccc1)(c1ccccc1)C(C)(C)C)[C@@H]1OC1(C(=O)O)C(=O)O. The van der Waals surface area contributed by atoms with E-state index in [1.807, 2.05) is 60.7 Å². The summed E-state index contributed by atoms with van der Waals surface area (Å²) < 4.78 is 12.0. The summed E-state index contributed by atoms with van der Waals surface area (Å²) in [5, 5.41) is 20.6. The molecule has 0 radical (unpaired) electrons. The fraction of sp³-hybridized carbons (Fsp3) is 0.364. The summed E-state index contributed by atoms with van der Waals surface area (Å²) in [6.45, 7) is 7.99. The number of hydrogen-bond donors (Lipinski definition) is 2. The normalized spacial score (nSPS) is 19.4. The van der Waals surface area contributed by atoms with E-state index in [1.54, 1.807) is 6.92 Å². The van der Waals surface area contributed by atoms with E-state index in [-0.39, 0.29) is 5.04 Å². The molecule has 6 nitrogen and oxygen atoms in total. The van der Waals surface area contributed by atoms with Crippen LogP contribution < -0.4 is 10.4 Å². The summed E-state index contributed by atoms with van der Waals surface area (Å²) in [5.41, 5.74) is -2.25. The van der Waals surface area contributed by atoms with Crippen molar-refractivity contribution in [1.82, 2.24) is 0 Å². The van der Waals surface area contributed by atoms with E-state index in [9.17, 15) is 19.8 Å². The Morgan fingerprint density at radius 2 is 1.38 bits per heavy atom. The van der Waals surface area contributed by atoms with Crippen molar-refractivity contribution in [3.63, 3.8) is 0 Å². The Balaban J connectivity index is 2.10. The van der Waals surface area contributed by atoms with Crippen LogP contribution in [-0.2, 0) is 18.8 Å². The topological polar surface area (TPSA) is 96.4 Å². The summed E-state index contributed by atoms with van der Waals surface area (Å²) in [6, 6.07) is 19.8. The van der Waals surface area contributed by atoms with Gasteiger partial charge in [0.2, 0.25) is 0 Å². The van der Waals surface area contributed by atoms with Gasteiger partial charge < -0.3 is 19.4 Å². The highest BCUT2D eigenvalue weighted by Crippen LogP contribution is 2.44. The molecule has 0 aromatic heterocycles. The van der Waals surface area contributed by atoms with E-state index in [0.29, 0.717) is 0 Å². The van der Waals surface area contributed by atoms with Crippen LogP contribution in [0.2, 0.25) is 5.04 Å². The summed E-state index contributed by atoms with van der Waals surface area (Å²) in [6.07, 6.45) is -1.78. The van der Waals surface area contributed by atoms with Crippen molar-refractivity contribution in [2.75, 3.05) is 0 Å². The molecule has 154 valence electrons. The van der Waals surface area contributed by atoms with Crippen LogP contribution in [0, 0.1) is 0 Å². The molecular formula is C22H26O6Si. The molecule has 1 heterocycles. The van der Waals surface area contributed by atoms with Gasteiger partial charge in [0.05, 0.1) is 6.10 Å². The van der Waals surface area contributed by atoms with E-state index in [2.05, 4.69) is 20.8 Å². The Bertz CT molecular complexity index is 837. The number of benzene rings is 2. The van der Waals surface area contributed by atoms with E-state index in [4.69, 9.17) is 9.16 Å². The second kappa shape index (κ2) is 7.40. The molecule has 0 bridgehead atoms. The molecule has 0 spiro atoms. The van der Waals surface area contributed by atoms with Crippen LogP contribution in [-0.4, -0.2) is 48.3 Å². The Morgan fingerprint density at radius 1 is 0.966 bits per heavy atom. The number of carbonyl (C=O) groups is 2. The van der Waals surface area contributed by atoms with Gasteiger partial charge in [0, 0.05) is 0 Å². The van der Waals surface area contributed by atoms with Crippen molar-refractivity contribution in [3.8, 4) is 0 Å². The van der Waals surface area contributed by atoms with Gasteiger partial charge >= 0.3 is 11.9 Å². The number of epoxide rings is 1. The number of aliphatic carboxylic acids is 2. The molecular weight excluding hydrogens is 388 g/mol. The monoisotopic (exact) mass is 414 g/mol. The molecule has 0 aliphatic carbocycles. The average molecular weight is 415 g/mol. The molecule has 1 aliphatic heterocycles. The molecule has 1 aliphatic rings. The van der Waals surface area contributed by atoms with Crippen molar-refractivity contribution in [3.05, 3.63) is 60.7 Å². The maximum Gasteiger partial charge on any atom is 0.350 e. The maximum atomic E-state index is 11.6. The summed E-state index contributed by atoms with van der Waals surface area (Å²) in [4.78, 5) is 23.2. The Morgan fingerprint density at radius 3 is 1.69 bits per heavy atom. The molecule has 29 heavy (non-hydrogen) atoms. The molecule has 2 atom stereocenters. The quantitative estimate of drug-likeness (QED) is 0.410. The first-order chi connectivity index (χ1) is 13.6. The van der Waals surface area contributed by atoms with Crippen LogP contribution in [0.1, 0.15) is 27.7 Å². The number of carboxylic acids is 2. The first-order valence-electron chi connectivity index (χ1n) is 9.51. The van der Waals surface area contributed by atoms with Gasteiger partial charge in [-0.3, -0.25) is 0 Å². The van der Waals surface area contributed by atoms with Crippen molar-refractivity contribution < 1.29 is 29.0 Å². The number of rotatable bonds is 7. The first-order valence-corrected chi connectivity index (χ1v) is 11.4. The number of hydrogen-bond acceptors (Lipinski definition) is 4. The van der Waals surface area contributed by atoms with E-state index >= 15 is 0 Å². The van der Waals surface area contributed by atoms with Crippen molar-refractivity contribution in [2.24, 2.45) is 0 Å². The molecule has 2 N–H and O–H groups in total. The third-order valence-corrected chi connectivity index (χ3v) is 10.6. The second-order valence-electron chi connectivity index (χ2n) is 8.37. The van der Waals surface area contributed by atoms with Crippen LogP contribution in [0.15, 0.2) is 60.7 Å². The Kier molecular flexibility index (Phi) is 5.42. The van der Waals surface area contributed by atoms with Crippen LogP contribution in [0.3, 0.4) is 0 Å². The lowest BCUT2D eigenvalue weighted by Crippen LogP contribution is -2.68. The van der Waals surface area contributed by atoms with Gasteiger partial charge in [0.1, 0.15) is 6.10 Å². The molecule has 0 amide bonds. The van der Waals surface area contributed by atoms with Gasteiger partial charge in [-0.05, 0) is 22.3 Å². The van der Waals surface area contributed by atoms with Crippen LogP contribution in [0.4, 0.5) is 0 Å². The molecule has 3 rings (SSSR count). The Hall–Kier alpha value is -2.48. The minimum atomic E-state index is -2.93. The van der Waals surface area contributed by atoms with Gasteiger partial charge in [-0.25, -0.2) is 9.59 Å². The third-order valence-electron chi connectivity index (χ3n) is 5.50. The fourth-order valence-electron chi connectivity index (χ4n) is 4.06. The number of ether oxygens (including phenoxy) is 1. The second-order valence-corrected chi connectivity index (χ2v) is 12.6.